The van der Waals surface area contributed by atoms with Crippen molar-refractivity contribution in [3.63, 3.8) is 0 Å². The van der Waals surface area contributed by atoms with Gasteiger partial charge in [0, 0.05) is 32.5 Å². The lowest BCUT2D eigenvalue weighted by atomic mass is 10.0. The Hall–Kier alpha value is -4.35. The predicted octanol–water partition coefficient (Wildman–Crippen LogP) is 6.04. The molecule has 1 aliphatic carbocycles. The van der Waals surface area contributed by atoms with Crippen LogP contribution in [0.1, 0.15) is 26.3 Å². The Bertz CT molecular complexity index is 1690. The summed E-state index contributed by atoms with van der Waals surface area (Å²) in [5.74, 6) is -0.640. The Balaban J connectivity index is 1.43. The number of pyridine rings is 1. The molecule has 1 heterocycles. The summed E-state index contributed by atoms with van der Waals surface area (Å²) < 4.78 is 0. The molecule has 34 heavy (non-hydrogen) atoms. The minimum atomic E-state index is -0.435. The van der Waals surface area contributed by atoms with Crippen LogP contribution in [0.4, 0.5) is 0 Å². The van der Waals surface area contributed by atoms with E-state index in [1.54, 1.807) is 18.2 Å². The first kappa shape index (κ1) is 20.3. The standard InChI is InChI=1S/C28H16ClN3O2/c29-22-13-3-1-10-18(22)24-15-21(17-9-2-4-14-23(17)30-24)28(34)32-31-26-19-11-5-7-16-8-6-12-20(25(16)19)27(26)33/h1-15H,(H,32,34). The molecule has 5 aromatic rings. The van der Waals surface area contributed by atoms with Crippen LogP contribution in [-0.4, -0.2) is 22.4 Å². The van der Waals surface area contributed by atoms with Crippen molar-refractivity contribution in [2.75, 3.05) is 0 Å². The number of para-hydroxylation sites is 1. The number of nitrogens with one attached hydrogen (secondary N) is 1. The molecule has 162 valence electrons. The highest BCUT2D eigenvalue weighted by molar-refractivity contribution is 6.59. The molecule has 0 unspecified atom stereocenters. The number of halogens is 1. The summed E-state index contributed by atoms with van der Waals surface area (Å²) in [7, 11) is 0. The van der Waals surface area contributed by atoms with E-state index in [0.717, 1.165) is 21.9 Å². The van der Waals surface area contributed by atoms with Crippen molar-refractivity contribution in [3.05, 3.63) is 113 Å². The first-order chi connectivity index (χ1) is 16.6. The molecule has 0 spiro atoms. The van der Waals surface area contributed by atoms with Crippen molar-refractivity contribution in [2.45, 2.75) is 0 Å². The summed E-state index contributed by atoms with van der Waals surface area (Å²) in [5.41, 5.74) is 6.50. The zero-order chi connectivity index (χ0) is 23.2. The lowest BCUT2D eigenvalue weighted by Gasteiger charge is -2.10. The van der Waals surface area contributed by atoms with E-state index in [1.807, 2.05) is 72.8 Å². The van der Waals surface area contributed by atoms with Crippen LogP contribution in [0.25, 0.3) is 32.9 Å². The number of nitrogens with zero attached hydrogens (tertiary/aromatic N) is 2. The average Bonchev–Trinajstić information content (AvgIpc) is 3.15. The highest BCUT2D eigenvalue weighted by Crippen LogP contribution is 2.32. The predicted molar refractivity (Wildman–Crippen MR) is 134 cm³/mol. The van der Waals surface area contributed by atoms with Crippen molar-refractivity contribution in [2.24, 2.45) is 5.10 Å². The Morgan fingerprint density at radius 1 is 0.824 bits per heavy atom. The third-order valence-electron chi connectivity index (χ3n) is 6.00. The summed E-state index contributed by atoms with van der Waals surface area (Å²) >= 11 is 6.39. The molecule has 0 saturated carbocycles. The Labute approximate surface area is 199 Å². The number of aromatic nitrogens is 1. The summed E-state index contributed by atoms with van der Waals surface area (Å²) in [6, 6.07) is 27.7. The van der Waals surface area contributed by atoms with Gasteiger partial charge in [-0.05, 0) is 23.6 Å². The first-order valence-corrected chi connectivity index (χ1v) is 11.1. The monoisotopic (exact) mass is 461 g/mol. The number of carbonyl (C=O) groups excluding carboxylic acids is 2. The van der Waals surface area contributed by atoms with Crippen molar-refractivity contribution in [1.82, 2.24) is 10.4 Å². The van der Waals surface area contributed by atoms with E-state index < -0.39 is 5.91 Å². The summed E-state index contributed by atoms with van der Waals surface area (Å²) in [6.45, 7) is 0. The fourth-order valence-corrected chi connectivity index (χ4v) is 4.66. The molecule has 5 nitrogen and oxygen atoms in total. The molecule has 6 heteroatoms. The van der Waals surface area contributed by atoms with Gasteiger partial charge in [-0.3, -0.25) is 9.59 Å². The molecule has 0 radical (unpaired) electrons. The van der Waals surface area contributed by atoms with E-state index in [4.69, 9.17) is 16.6 Å². The number of amides is 1. The number of carbonyl (C=O) groups is 2. The van der Waals surface area contributed by atoms with Gasteiger partial charge in [-0.15, -0.1) is 0 Å². The van der Waals surface area contributed by atoms with Crippen LogP contribution < -0.4 is 5.43 Å². The van der Waals surface area contributed by atoms with Crippen molar-refractivity contribution >= 4 is 50.7 Å². The fourth-order valence-electron chi connectivity index (χ4n) is 4.43. The van der Waals surface area contributed by atoms with Crippen LogP contribution in [0.5, 0.6) is 0 Å². The van der Waals surface area contributed by atoms with Crippen LogP contribution in [0.2, 0.25) is 5.02 Å². The fraction of sp³-hybridized carbons (Fsp3) is 0. The maximum atomic E-state index is 13.3. The first-order valence-electron chi connectivity index (χ1n) is 10.7. The largest absolute Gasteiger partial charge is 0.287 e. The maximum absolute atomic E-state index is 13.3. The number of Topliss-reactive ketones (excluding diaryl/α,β-unsaturated/α-hetero) is 1. The number of hydrogen-bond acceptors (Lipinski definition) is 4. The molecule has 6 rings (SSSR count). The van der Waals surface area contributed by atoms with Crippen molar-refractivity contribution in [3.8, 4) is 11.3 Å². The van der Waals surface area contributed by atoms with Crippen molar-refractivity contribution < 1.29 is 9.59 Å². The quantitative estimate of drug-likeness (QED) is 0.333. The smallest absolute Gasteiger partial charge is 0.272 e. The number of rotatable bonds is 3. The summed E-state index contributed by atoms with van der Waals surface area (Å²) in [4.78, 5) is 31.0. The Kier molecular flexibility index (Phi) is 4.71. The van der Waals surface area contributed by atoms with Gasteiger partial charge < -0.3 is 0 Å². The molecule has 4 aromatic carbocycles. The normalized spacial score (nSPS) is 13.7. The number of ketones is 1. The second-order valence-electron chi connectivity index (χ2n) is 7.99. The second kappa shape index (κ2) is 7.90. The average molecular weight is 462 g/mol. The van der Waals surface area contributed by atoms with Crippen LogP contribution in [0, 0.1) is 0 Å². The topological polar surface area (TPSA) is 71.4 Å². The second-order valence-corrected chi connectivity index (χ2v) is 8.40. The highest BCUT2D eigenvalue weighted by atomic mass is 35.5. The van der Waals surface area contributed by atoms with E-state index in [-0.39, 0.29) is 11.5 Å². The SMILES string of the molecule is O=C(NN=C1C(=O)c2cccc3cccc1c23)c1cc(-c2ccccc2Cl)nc2ccccc12. The molecule has 0 atom stereocenters. The zero-order valence-electron chi connectivity index (χ0n) is 17.7. The maximum Gasteiger partial charge on any atom is 0.272 e. The van der Waals surface area contributed by atoms with E-state index >= 15 is 0 Å². The van der Waals surface area contributed by atoms with Gasteiger partial charge in [-0.2, -0.15) is 5.10 Å². The molecule has 0 bridgehead atoms. The van der Waals surface area contributed by atoms with E-state index in [9.17, 15) is 9.59 Å². The highest BCUT2D eigenvalue weighted by Gasteiger charge is 2.29. The molecule has 1 aliphatic rings. The third-order valence-corrected chi connectivity index (χ3v) is 6.33. The number of hydrazone groups is 1. The summed E-state index contributed by atoms with van der Waals surface area (Å²) in [5, 5.41) is 7.31. The molecule has 1 N–H and O–H groups in total. The van der Waals surface area contributed by atoms with Gasteiger partial charge in [0.1, 0.15) is 5.71 Å². The summed E-state index contributed by atoms with van der Waals surface area (Å²) in [6.07, 6.45) is 0. The van der Waals surface area contributed by atoms with Gasteiger partial charge in [-0.25, -0.2) is 10.4 Å². The van der Waals surface area contributed by atoms with Gasteiger partial charge in [0.15, 0.2) is 0 Å². The number of hydrogen-bond donors (Lipinski definition) is 1. The van der Waals surface area contributed by atoms with Gasteiger partial charge in [-0.1, -0.05) is 84.4 Å². The zero-order valence-corrected chi connectivity index (χ0v) is 18.5. The molecule has 0 aliphatic heterocycles. The molecular formula is C28H16ClN3O2. The molecule has 0 fully saturated rings. The number of fused-ring (bicyclic) bond motifs is 1. The van der Waals surface area contributed by atoms with E-state index in [2.05, 4.69) is 10.5 Å². The Morgan fingerprint density at radius 3 is 2.35 bits per heavy atom. The van der Waals surface area contributed by atoms with E-state index in [1.165, 1.54) is 0 Å². The van der Waals surface area contributed by atoms with E-state index in [0.29, 0.717) is 32.7 Å². The molecule has 1 amide bonds. The van der Waals surface area contributed by atoms with Crippen molar-refractivity contribution in [1.29, 1.82) is 0 Å². The van der Waals surface area contributed by atoms with Gasteiger partial charge in [0.05, 0.1) is 16.8 Å². The molecular weight excluding hydrogens is 446 g/mol. The van der Waals surface area contributed by atoms with Gasteiger partial charge in [0.2, 0.25) is 5.78 Å². The molecule has 0 saturated heterocycles. The van der Waals surface area contributed by atoms with Gasteiger partial charge in [0.25, 0.3) is 5.91 Å². The van der Waals surface area contributed by atoms with Crippen LogP contribution >= 0.6 is 11.6 Å². The molecule has 1 aromatic heterocycles. The third kappa shape index (κ3) is 3.17. The number of benzene rings is 4. The van der Waals surface area contributed by atoms with Crippen LogP contribution in [0.15, 0.2) is 96.1 Å². The lowest BCUT2D eigenvalue weighted by molar-refractivity contribution is 0.0956. The van der Waals surface area contributed by atoms with Crippen LogP contribution in [0.3, 0.4) is 0 Å². The van der Waals surface area contributed by atoms with Crippen LogP contribution in [-0.2, 0) is 0 Å². The Morgan fingerprint density at radius 2 is 1.53 bits per heavy atom. The minimum Gasteiger partial charge on any atom is -0.287 e. The minimum absolute atomic E-state index is 0.205. The lowest BCUT2D eigenvalue weighted by Crippen LogP contribution is -2.22. The van der Waals surface area contributed by atoms with Gasteiger partial charge >= 0.3 is 0 Å².